The second-order valence-corrected chi connectivity index (χ2v) is 6.66. The molecule has 2 heterocycles. The van der Waals surface area contributed by atoms with Gasteiger partial charge >= 0.3 is 11.8 Å². The molecular weight excluding hydrogens is 362 g/mol. The molecular formula is C22H14F2N2O2. The van der Waals surface area contributed by atoms with Crippen LogP contribution in [0.1, 0.15) is 22.9 Å². The van der Waals surface area contributed by atoms with Crippen LogP contribution in [0.5, 0.6) is 5.75 Å². The van der Waals surface area contributed by atoms with E-state index >= 15 is 8.78 Å². The van der Waals surface area contributed by atoms with Crippen molar-refractivity contribution < 1.29 is 18.3 Å². The van der Waals surface area contributed by atoms with E-state index in [0.717, 1.165) is 4.90 Å². The zero-order chi connectivity index (χ0) is 19.4. The maximum atomic E-state index is 15.9. The number of nitrogens with zero attached hydrogens (tertiary/aromatic N) is 2. The SMILES string of the molecule is N#Cc1ccc(C23Oc4ccccc4C(O2)N(c2ccccc2)C3(F)F)cc1. The minimum Gasteiger partial charge on any atom is -0.450 e. The molecule has 2 bridgehead atoms. The Bertz CT molecular complexity index is 1080. The maximum Gasteiger partial charge on any atom is 0.397 e. The molecule has 3 aromatic carbocycles. The number of anilines is 1. The lowest BCUT2D eigenvalue weighted by Crippen LogP contribution is -2.53. The first-order valence-electron chi connectivity index (χ1n) is 8.75. The predicted octanol–water partition coefficient (Wildman–Crippen LogP) is 4.93. The van der Waals surface area contributed by atoms with Crippen molar-refractivity contribution in [1.82, 2.24) is 0 Å². The Hall–Kier alpha value is -3.43. The summed E-state index contributed by atoms with van der Waals surface area (Å²) in [5.41, 5.74) is 1.38. The third kappa shape index (κ3) is 2.11. The number of rotatable bonds is 2. The molecule has 138 valence electrons. The molecule has 0 aliphatic carbocycles. The molecule has 6 heteroatoms. The van der Waals surface area contributed by atoms with E-state index in [0.29, 0.717) is 22.6 Å². The van der Waals surface area contributed by atoms with Gasteiger partial charge < -0.3 is 9.47 Å². The molecule has 3 aromatic rings. The van der Waals surface area contributed by atoms with Gasteiger partial charge in [-0.2, -0.15) is 14.0 Å². The first-order valence-corrected chi connectivity index (χ1v) is 8.75. The van der Waals surface area contributed by atoms with Crippen LogP contribution >= 0.6 is 0 Å². The molecule has 0 N–H and O–H groups in total. The third-order valence-corrected chi connectivity index (χ3v) is 5.08. The number of fused-ring (bicyclic) bond motifs is 4. The largest absolute Gasteiger partial charge is 0.450 e. The minimum absolute atomic E-state index is 0.148. The van der Waals surface area contributed by atoms with E-state index in [9.17, 15) is 0 Å². The highest BCUT2D eigenvalue weighted by Gasteiger charge is 2.73. The number of ether oxygens (including phenoxy) is 2. The molecule has 0 amide bonds. The number of halogens is 2. The van der Waals surface area contributed by atoms with Crippen molar-refractivity contribution in [2.75, 3.05) is 4.90 Å². The fourth-order valence-corrected chi connectivity index (χ4v) is 3.76. The van der Waals surface area contributed by atoms with Gasteiger partial charge in [0.2, 0.25) is 0 Å². The second kappa shape index (κ2) is 5.78. The monoisotopic (exact) mass is 376 g/mol. The van der Waals surface area contributed by atoms with Crippen molar-refractivity contribution in [3.8, 4) is 11.8 Å². The quantitative estimate of drug-likeness (QED) is 0.595. The van der Waals surface area contributed by atoms with E-state index in [2.05, 4.69) is 0 Å². The number of benzene rings is 3. The van der Waals surface area contributed by atoms with Gasteiger partial charge in [-0.3, -0.25) is 4.90 Å². The van der Waals surface area contributed by atoms with Crippen molar-refractivity contribution in [3.63, 3.8) is 0 Å². The van der Waals surface area contributed by atoms with Gasteiger partial charge in [0.05, 0.1) is 11.6 Å². The molecule has 2 unspecified atom stereocenters. The number of para-hydroxylation sites is 2. The highest BCUT2D eigenvalue weighted by atomic mass is 19.3. The van der Waals surface area contributed by atoms with Gasteiger partial charge in [0.1, 0.15) is 5.75 Å². The van der Waals surface area contributed by atoms with E-state index in [-0.39, 0.29) is 5.56 Å². The Morgan fingerprint density at radius 2 is 1.57 bits per heavy atom. The summed E-state index contributed by atoms with van der Waals surface area (Å²) in [7, 11) is 0. The zero-order valence-corrected chi connectivity index (χ0v) is 14.5. The summed E-state index contributed by atoms with van der Waals surface area (Å²) >= 11 is 0. The number of nitriles is 1. The minimum atomic E-state index is -3.51. The Morgan fingerprint density at radius 3 is 2.29 bits per heavy atom. The summed E-state index contributed by atoms with van der Waals surface area (Å²) < 4.78 is 43.7. The molecule has 2 aliphatic rings. The van der Waals surface area contributed by atoms with Crippen molar-refractivity contribution >= 4 is 5.69 Å². The van der Waals surface area contributed by atoms with E-state index in [1.165, 1.54) is 24.3 Å². The van der Waals surface area contributed by atoms with Crippen molar-refractivity contribution in [2.45, 2.75) is 18.1 Å². The van der Waals surface area contributed by atoms with E-state index in [4.69, 9.17) is 14.7 Å². The highest BCUT2D eigenvalue weighted by Crippen LogP contribution is 2.61. The molecule has 1 fully saturated rings. The Morgan fingerprint density at radius 1 is 0.893 bits per heavy atom. The summed E-state index contributed by atoms with van der Waals surface area (Å²) in [5, 5.41) is 9.02. The highest BCUT2D eigenvalue weighted by molar-refractivity contribution is 5.56. The summed E-state index contributed by atoms with van der Waals surface area (Å²) in [5.74, 6) is -1.98. The lowest BCUT2D eigenvalue weighted by molar-refractivity contribution is -0.280. The average molecular weight is 376 g/mol. The van der Waals surface area contributed by atoms with Gasteiger partial charge in [-0.05, 0) is 30.3 Å². The molecule has 0 spiro atoms. The van der Waals surface area contributed by atoms with Crippen LogP contribution in [0, 0.1) is 11.3 Å². The van der Waals surface area contributed by atoms with E-state index in [1.807, 2.05) is 6.07 Å². The summed E-state index contributed by atoms with van der Waals surface area (Å²) in [6, 6.07) is 19.6. The Balaban J connectivity index is 1.74. The van der Waals surface area contributed by atoms with E-state index in [1.54, 1.807) is 54.6 Å². The molecule has 4 nitrogen and oxygen atoms in total. The predicted molar refractivity (Wildman–Crippen MR) is 97.6 cm³/mol. The van der Waals surface area contributed by atoms with Crippen molar-refractivity contribution in [3.05, 3.63) is 95.6 Å². The molecule has 1 saturated heterocycles. The van der Waals surface area contributed by atoms with Crippen molar-refractivity contribution in [1.29, 1.82) is 5.26 Å². The Kier molecular flexibility index (Phi) is 3.45. The topological polar surface area (TPSA) is 45.5 Å². The number of hydrogen-bond acceptors (Lipinski definition) is 4. The fraction of sp³-hybridized carbons (Fsp3) is 0.136. The average Bonchev–Trinajstić information content (AvgIpc) is 2.92. The van der Waals surface area contributed by atoms with Crippen LogP contribution in [-0.2, 0) is 10.5 Å². The third-order valence-electron chi connectivity index (χ3n) is 5.08. The molecule has 2 atom stereocenters. The first kappa shape index (κ1) is 16.7. The van der Waals surface area contributed by atoms with Gasteiger partial charge in [0.25, 0.3) is 0 Å². The second-order valence-electron chi connectivity index (χ2n) is 6.66. The lowest BCUT2D eigenvalue weighted by atomic mass is 10.0. The summed E-state index contributed by atoms with van der Waals surface area (Å²) in [4.78, 5) is 0.955. The normalized spacial score (nSPS) is 24.2. The van der Waals surface area contributed by atoms with E-state index < -0.39 is 18.1 Å². The van der Waals surface area contributed by atoms with Crippen LogP contribution in [-0.4, -0.2) is 6.05 Å². The zero-order valence-electron chi connectivity index (χ0n) is 14.5. The number of alkyl halides is 2. The number of hydrogen-bond donors (Lipinski definition) is 0. The van der Waals surface area contributed by atoms with Gasteiger partial charge in [-0.25, -0.2) is 0 Å². The molecule has 0 saturated carbocycles. The van der Waals surface area contributed by atoms with Gasteiger partial charge in [0.15, 0.2) is 6.23 Å². The standard InChI is InChI=1S/C22H14F2N2O2/c23-22(24)21(16-12-10-15(14-25)11-13-16)27-19-9-5-4-8-18(19)20(28-21)26(22)17-6-2-1-3-7-17/h1-13,20H. The van der Waals surface area contributed by atoms with Crippen molar-refractivity contribution in [2.24, 2.45) is 0 Å². The summed E-state index contributed by atoms with van der Waals surface area (Å²) in [6.45, 7) is 0. The van der Waals surface area contributed by atoms with Crippen LogP contribution in [0.25, 0.3) is 0 Å². The Labute approximate surface area is 160 Å². The fourth-order valence-electron chi connectivity index (χ4n) is 3.76. The molecule has 0 radical (unpaired) electrons. The lowest BCUT2D eigenvalue weighted by Gasteiger charge is -2.36. The molecule has 2 aliphatic heterocycles. The van der Waals surface area contributed by atoms with Gasteiger partial charge in [-0.15, -0.1) is 0 Å². The van der Waals surface area contributed by atoms with Crippen LogP contribution in [0.15, 0.2) is 78.9 Å². The molecule has 0 aromatic heterocycles. The first-order chi connectivity index (χ1) is 13.6. The summed E-state index contributed by atoms with van der Waals surface area (Å²) in [6.07, 6.45) is -1.02. The van der Waals surface area contributed by atoms with Gasteiger partial charge in [0, 0.05) is 16.8 Å². The molecule has 28 heavy (non-hydrogen) atoms. The van der Waals surface area contributed by atoms with Crippen LogP contribution in [0.4, 0.5) is 14.5 Å². The van der Waals surface area contributed by atoms with Crippen LogP contribution in [0.2, 0.25) is 0 Å². The maximum absolute atomic E-state index is 15.9. The van der Waals surface area contributed by atoms with Gasteiger partial charge in [-0.1, -0.05) is 48.5 Å². The smallest absolute Gasteiger partial charge is 0.397 e. The van der Waals surface area contributed by atoms with Crippen LogP contribution < -0.4 is 9.64 Å². The van der Waals surface area contributed by atoms with Crippen LogP contribution in [0.3, 0.4) is 0 Å². The molecule has 5 rings (SSSR count).